The average molecular weight is 195 g/mol. The maximum atomic E-state index is 12.8. The van der Waals surface area contributed by atoms with E-state index in [0.29, 0.717) is 11.7 Å². The SMILES string of the molecule is O=C(O)c1ccc(F)cc1NC1CC1. The average Bonchev–Trinajstić information content (AvgIpc) is 2.87. The molecule has 0 atom stereocenters. The van der Waals surface area contributed by atoms with Gasteiger partial charge in [-0.1, -0.05) is 0 Å². The van der Waals surface area contributed by atoms with Crippen molar-refractivity contribution in [3.8, 4) is 0 Å². The summed E-state index contributed by atoms with van der Waals surface area (Å²) in [7, 11) is 0. The molecule has 3 nitrogen and oxygen atoms in total. The summed E-state index contributed by atoms with van der Waals surface area (Å²) in [6.45, 7) is 0. The molecule has 1 aliphatic carbocycles. The van der Waals surface area contributed by atoms with Crippen LogP contribution in [0.3, 0.4) is 0 Å². The van der Waals surface area contributed by atoms with Gasteiger partial charge in [-0.15, -0.1) is 0 Å². The molecular formula is C10H10FNO2. The molecule has 0 unspecified atom stereocenters. The predicted octanol–water partition coefficient (Wildman–Crippen LogP) is 2.10. The third-order valence-electron chi connectivity index (χ3n) is 2.15. The molecule has 74 valence electrons. The Kier molecular flexibility index (Phi) is 2.11. The summed E-state index contributed by atoms with van der Waals surface area (Å²) in [4.78, 5) is 10.8. The highest BCUT2D eigenvalue weighted by atomic mass is 19.1. The zero-order chi connectivity index (χ0) is 10.1. The van der Waals surface area contributed by atoms with Crippen LogP contribution in [-0.4, -0.2) is 17.1 Å². The Morgan fingerprint density at radius 3 is 2.79 bits per heavy atom. The second-order valence-corrected chi connectivity index (χ2v) is 3.41. The minimum atomic E-state index is -1.03. The van der Waals surface area contributed by atoms with Crippen LogP contribution >= 0.6 is 0 Å². The Morgan fingerprint density at radius 2 is 2.21 bits per heavy atom. The van der Waals surface area contributed by atoms with E-state index in [1.165, 1.54) is 12.1 Å². The maximum absolute atomic E-state index is 12.8. The van der Waals surface area contributed by atoms with Crippen molar-refractivity contribution in [3.63, 3.8) is 0 Å². The number of aromatic carboxylic acids is 1. The van der Waals surface area contributed by atoms with Gasteiger partial charge in [-0.3, -0.25) is 0 Å². The fourth-order valence-corrected chi connectivity index (χ4v) is 1.27. The molecule has 1 saturated carbocycles. The molecule has 0 bridgehead atoms. The van der Waals surface area contributed by atoms with Crippen LogP contribution in [0.25, 0.3) is 0 Å². The second kappa shape index (κ2) is 3.29. The van der Waals surface area contributed by atoms with Gasteiger partial charge in [0.05, 0.1) is 11.3 Å². The lowest BCUT2D eigenvalue weighted by atomic mass is 10.1. The van der Waals surface area contributed by atoms with Gasteiger partial charge in [-0.2, -0.15) is 0 Å². The number of carbonyl (C=O) groups is 1. The Hall–Kier alpha value is -1.58. The molecule has 0 aliphatic heterocycles. The molecule has 0 spiro atoms. The van der Waals surface area contributed by atoms with Crippen molar-refractivity contribution in [1.82, 2.24) is 0 Å². The monoisotopic (exact) mass is 195 g/mol. The normalized spacial score (nSPS) is 15.2. The van der Waals surface area contributed by atoms with Gasteiger partial charge in [-0.05, 0) is 31.0 Å². The summed E-state index contributed by atoms with van der Waals surface area (Å²) < 4.78 is 12.8. The van der Waals surface area contributed by atoms with E-state index in [1.807, 2.05) is 0 Å². The topological polar surface area (TPSA) is 49.3 Å². The van der Waals surface area contributed by atoms with Crippen LogP contribution in [0.4, 0.5) is 10.1 Å². The largest absolute Gasteiger partial charge is 0.478 e. The van der Waals surface area contributed by atoms with Gasteiger partial charge in [-0.25, -0.2) is 9.18 Å². The number of benzene rings is 1. The summed E-state index contributed by atoms with van der Waals surface area (Å²) in [5.74, 6) is -1.45. The highest BCUT2D eigenvalue weighted by Gasteiger charge is 2.23. The first-order valence-corrected chi connectivity index (χ1v) is 4.46. The lowest BCUT2D eigenvalue weighted by Gasteiger charge is -2.07. The Bertz CT molecular complexity index is 374. The minimum Gasteiger partial charge on any atom is -0.478 e. The highest BCUT2D eigenvalue weighted by molar-refractivity contribution is 5.94. The van der Waals surface area contributed by atoms with Crippen molar-refractivity contribution in [2.75, 3.05) is 5.32 Å². The van der Waals surface area contributed by atoms with Gasteiger partial charge in [0.25, 0.3) is 0 Å². The van der Waals surface area contributed by atoms with Gasteiger partial charge >= 0.3 is 5.97 Å². The van der Waals surface area contributed by atoms with E-state index < -0.39 is 11.8 Å². The number of halogens is 1. The number of nitrogens with one attached hydrogen (secondary N) is 1. The van der Waals surface area contributed by atoms with Crippen LogP contribution < -0.4 is 5.32 Å². The predicted molar refractivity (Wildman–Crippen MR) is 50.0 cm³/mol. The van der Waals surface area contributed by atoms with Crippen LogP contribution in [0.1, 0.15) is 23.2 Å². The zero-order valence-corrected chi connectivity index (χ0v) is 7.46. The molecule has 1 aliphatic rings. The van der Waals surface area contributed by atoms with Crippen molar-refractivity contribution >= 4 is 11.7 Å². The molecule has 0 saturated heterocycles. The number of rotatable bonds is 3. The summed E-state index contributed by atoms with van der Waals surface area (Å²) in [6, 6.07) is 3.97. The first-order chi connectivity index (χ1) is 6.66. The van der Waals surface area contributed by atoms with Gasteiger partial charge in [0.2, 0.25) is 0 Å². The molecule has 0 aromatic heterocycles. The third-order valence-corrected chi connectivity index (χ3v) is 2.15. The second-order valence-electron chi connectivity index (χ2n) is 3.41. The first kappa shape index (κ1) is 8.99. The number of carboxylic acids is 1. The van der Waals surface area contributed by atoms with Crippen LogP contribution in [-0.2, 0) is 0 Å². The van der Waals surface area contributed by atoms with Crippen molar-refractivity contribution in [3.05, 3.63) is 29.6 Å². The molecule has 0 amide bonds. The van der Waals surface area contributed by atoms with E-state index >= 15 is 0 Å². The molecule has 1 aromatic carbocycles. The van der Waals surface area contributed by atoms with Crippen molar-refractivity contribution in [2.45, 2.75) is 18.9 Å². The molecule has 0 heterocycles. The molecule has 0 radical (unpaired) electrons. The van der Waals surface area contributed by atoms with Crippen LogP contribution in [0.15, 0.2) is 18.2 Å². The van der Waals surface area contributed by atoms with E-state index in [2.05, 4.69) is 5.32 Å². The number of carboxylic acid groups (broad SMARTS) is 1. The molecular weight excluding hydrogens is 185 g/mol. The first-order valence-electron chi connectivity index (χ1n) is 4.46. The molecule has 2 rings (SSSR count). The minimum absolute atomic E-state index is 0.123. The Morgan fingerprint density at radius 1 is 1.50 bits per heavy atom. The summed E-state index contributed by atoms with van der Waals surface area (Å²) in [6.07, 6.45) is 2.05. The highest BCUT2D eigenvalue weighted by Crippen LogP contribution is 2.27. The molecule has 4 heteroatoms. The standard InChI is InChI=1S/C10H10FNO2/c11-6-1-4-8(10(13)14)9(5-6)12-7-2-3-7/h1,4-5,7,12H,2-3H2,(H,13,14). The Balaban J connectivity index is 2.31. The van der Waals surface area contributed by atoms with Crippen LogP contribution in [0.2, 0.25) is 0 Å². The van der Waals surface area contributed by atoms with Gasteiger partial charge in [0, 0.05) is 6.04 Å². The maximum Gasteiger partial charge on any atom is 0.337 e. The smallest absolute Gasteiger partial charge is 0.337 e. The van der Waals surface area contributed by atoms with E-state index in [9.17, 15) is 9.18 Å². The van der Waals surface area contributed by atoms with Crippen molar-refractivity contribution in [2.24, 2.45) is 0 Å². The molecule has 2 N–H and O–H groups in total. The van der Waals surface area contributed by atoms with Gasteiger partial charge in [0.15, 0.2) is 0 Å². The number of hydrogen-bond donors (Lipinski definition) is 2. The van der Waals surface area contributed by atoms with E-state index in [1.54, 1.807) is 0 Å². The van der Waals surface area contributed by atoms with Crippen molar-refractivity contribution < 1.29 is 14.3 Å². The van der Waals surface area contributed by atoms with Gasteiger partial charge < -0.3 is 10.4 Å². The van der Waals surface area contributed by atoms with E-state index in [4.69, 9.17) is 5.11 Å². The molecule has 1 fully saturated rings. The fourth-order valence-electron chi connectivity index (χ4n) is 1.27. The third kappa shape index (κ3) is 1.84. The van der Waals surface area contributed by atoms with Gasteiger partial charge in [0.1, 0.15) is 5.82 Å². The summed E-state index contributed by atoms with van der Waals surface area (Å²) >= 11 is 0. The fraction of sp³-hybridized carbons (Fsp3) is 0.300. The number of hydrogen-bond acceptors (Lipinski definition) is 2. The summed E-state index contributed by atoms with van der Waals surface area (Å²) in [5.41, 5.74) is 0.498. The van der Waals surface area contributed by atoms with Crippen LogP contribution in [0.5, 0.6) is 0 Å². The van der Waals surface area contributed by atoms with E-state index in [-0.39, 0.29) is 5.56 Å². The Labute approximate surface area is 80.6 Å². The quantitative estimate of drug-likeness (QED) is 0.776. The molecule has 1 aromatic rings. The summed E-state index contributed by atoms with van der Waals surface area (Å²) in [5, 5.41) is 11.8. The number of anilines is 1. The zero-order valence-electron chi connectivity index (χ0n) is 7.46. The van der Waals surface area contributed by atoms with E-state index in [0.717, 1.165) is 18.9 Å². The molecule has 14 heavy (non-hydrogen) atoms. The lowest BCUT2D eigenvalue weighted by molar-refractivity contribution is 0.0698. The van der Waals surface area contributed by atoms with Crippen LogP contribution in [0, 0.1) is 5.82 Å². The van der Waals surface area contributed by atoms with Crippen molar-refractivity contribution in [1.29, 1.82) is 0 Å². The lowest BCUT2D eigenvalue weighted by Crippen LogP contribution is -2.08.